The third-order valence-electron chi connectivity index (χ3n) is 4.55. The van der Waals surface area contributed by atoms with Crippen LogP contribution >= 0.6 is 0 Å². The predicted molar refractivity (Wildman–Crippen MR) is 103 cm³/mol. The number of aromatic hydroxyl groups is 1. The first-order valence-electron chi connectivity index (χ1n) is 9.06. The van der Waals surface area contributed by atoms with Crippen molar-refractivity contribution in [1.82, 2.24) is 4.31 Å². The van der Waals surface area contributed by atoms with Gasteiger partial charge in [0.15, 0.2) is 11.9 Å². The molecule has 0 radical (unpaired) electrons. The topological polar surface area (TPSA) is 99.8 Å². The van der Waals surface area contributed by atoms with Gasteiger partial charge in [-0.25, -0.2) is 8.42 Å². The summed E-state index contributed by atoms with van der Waals surface area (Å²) in [5, 5.41) is 12.2. The highest BCUT2D eigenvalue weighted by atomic mass is 32.2. The van der Waals surface area contributed by atoms with Gasteiger partial charge in [0.1, 0.15) is 10.6 Å². The van der Waals surface area contributed by atoms with E-state index in [0.717, 1.165) is 19.3 Å². The molecule has 2 aromatic rings. The number of sulfonamides is 1. The molecule has 2 N–H and O–H groups in total. The summed E-state index contributed by atoms with van der Waals surface area (Å²) in [4.78, 5) is 12.3. The lowest BCUT2D eigenvalue weighted by atomic mass is 10.2. The Bertz CT molecular complexity index is 956. The molecule has 1 aromatic heterocycles. The van der Waals surface area contributed by atoms with Gasteiger partial charge in [-0.05, 0) is 37.1 Å². The summed E-state index contributed by atoms with van der Waals surface area (Å²) >= 11 is 0. The minimum absolute atomic E-state index is 0.0192. The normalized spacial score (nSPS) is 15.2. The number of piperidine rings is 1. The highest BCUT2D eigenvalue weighted by molar-refractivity contribution is 7.89. The number of carbonyl (C=O) groups excluding carboxylic acids is 1. The molecule has 0 bridgehead atoms. The molecule has 0 spiro atoms. The molecule has 3 rings (SSSR count). The van der Waals surface area contributed by atoms with Crippen molar-refractivity contribution in [2.45, 2.75) is 30.7 Å². The summed E-state index contributed by atoms with van der Waals surface area (Å²) in [5.74, 6) is -0.0531. The van der Waals surface area contributed by atoms with E-state index in [9.17, 15) is 18.3 Å². The molecule has 1 aliphatic rings. The SMILES string of the molecule is COc1ccc(NC(=O)C[n+]2cccc(O)c2)cc1S(=O)(=O)N1CCCCC1. The number of pyridine rings is 1. The molecule has 1 aromatic carbocycles. The standard InChI is InChI=1S/C19H23N3O5S/c1-27-17-8-7-15(20-19(24)14-21-9-5-6-16(23)13-21)12-18(17)28(25,26)22-10-3-2-4-11-22/h5-9,12-13H,2-4,10-11,14H2,1H3,(H-,20,23,24)/p+1. The Hall–Kier alpha value is -2.65. The number of hydrogen-bond donors (Lipinski definition) is 2. The van der Waals surface area contributed by atoms with Crippen LogP contribution in [-0.2, 0) is 21.4 Å². The van der Waals surface area contributed by atoms with Gasteiger partial charge in [0.2, 0.25) is 22.8 Å². The van der Waals surface area contributed by atoms with Gasteiger partial charge in [-0.2, -0.15) is 8.87 Å². The summed E-state index contributed by atoms with van der Waals surface area (Å²) < 4.78 is 34.3. The number of ether oxygens (including phenoxy) is 1. The van der Waals surface area contributed by atoms with Gasteiger partial charge in [-0.1, -0.05) is 6.42 Å². The van der Waals surface area contributed by atoms with Crippen molar-refractivity contribution >= 4 is 21.6 Å². The Kier molecular flexibility index (Phi) is 6.15. The van der Waals surface area contributed by atoms with E-state index in [-0.39, 0.29) is 28.8 Å². The quantitative estimate of drug-likeness (QED) is 0.709. The average molecular weight is 406 g/mol. The summed E-state index contributed by atoms with van der Waals surface area (Å²) in [5.41, 5.74) is 0.363. The van der Waals surface area contributed by atoms with E-state index in [1.807, 2.05) is 0 Å². The second-order valence-corrected chi connectivity index (χ2v) is 8.52. The van der Waals surface area contributed by atoms with Crippen LogP contribution in [0, 0.1) is 0 Å². The molecule has 1 saturated heterocycles. The van der Waals surface area contributed by atoms with Crippen molar-refractivity contribution in [3.63, 3.8) is 0 Å². The monoisotopic (exact) mass is 406 g/mol. The van der Waals surface area contributed by atoms with Crippen molar-refractivity contribution in [3.05, 3.63) is 42.7 Å². The number of aromatic nitrogens is 1. The Morgan fingerprint density at radius 1 is 1.25 bits per heavy atom. The minimum Gasteiger partial charge on any atom is -0.503 e. The van der Waals surface area contributed by atoms with E-state index in [1.54, 1.807) is 18.3 Å². The highest BCUT2D eigenvalue weighted by Crippen LogP contribution is 2.31. The summed E-state index contributed by atoms with van der Waals surface area (Å²) in [7, 11) is -2.29. The van der Waals surface area contributed by atoms with E-state index in [0.29, 0.717) is 18.8 Å². The molecule has 1 amide bonds. The van der Waals surface area contributed by atoms with Crippen LogP contribution in [0.4, 0.5) is 5.69 Å². The van der Waals surface area contributed by atoms with Gasteiger partial charge in [0.05, 0.1) is 7.11 Å². The molecule has 0 saturated carbocycles. The van der Waals surface area contributed by atoms with Crippen LogP contribution < -0.4 is 14.6 Å². The number of nitrogens with one attached hydrogen (secondary N) is 1. The van der Waals surface area contributed by atoms with Gasteiger partial charge in [-0.15, -0.1) is 0 Å². The third kappa shape index (κ3) is 4.60. The fourth-order valence-corrected chi connectivity index (χ4v) is 4.87. The Labute approximate surface area is 164 Å². The molecule has 8 nitrogen and oxygen atoms in total. The average Bonchev–Trinajstić information content (AvgIpc) is 2.68. The first-order chi connectivity index (χ1) is 13.4. The van der Waals surface area contributed by atoms with Crippen molar-refractivity contribution in [1.29, 1.82) is 0 Å². The molecular formula is C19H24N3O5S+. The Morgan fingerprint density at radius 3 is 2.68 bits per heavy atom. The van der Waals surface area contributed by atoms with E-state index in [4.69, 9.17) is 4.74 Å². The molecule has 28 heavy (non-hydrogen) atoms. The molecule has 0 unspecified atom stereocenters. The molecule has 1 fully saturated rings. The number of benzene rings is 1. The maximum absolute atomic E-state index is 13.0. The number of amides is 1. The smallest absolute Gasteiger partial charge is 0.290 e. The fourth-order valence-electron chi connectivity index (χ4n) is 3.17. The molecule has 0 atom stereocenters. The molecule has 9 heteroatoms. The van der Waals surface area contributed by atoms with Crippen LogP contribution in [0.2, 0.25) is 0 Å². The zero-order chi connectivity index (χ0) is 20.1. The van der Waals surface area contributed by atoms with Crippen LogP contribution in [-0.4, -0.2) is 43.9 Å². The van der Waals surface area contributed by atoms with E-state index < -0.39 is 10.0 Å². The lowest BCUT2D eigenvalue weighted by molar-refractivity contribution is -0.684. The summed E-state index contributed by atoms with van der Waals surface area (Å²) in [6.07, 6.45) is 5.77. The fraction of sp³-hybridized carbons (Fsp3) is 0.368. The summed E-state index contributed by atoms with van der Waals surface area (Å²) in [6, 6.07) is 7.69. The van der Waals surface area contributed by atoms with Gasteiger partial charge >= 0.3 is 0 Å². The van der Waals surface area contributed by atoms with Crippen molar-refractivity contribution in [2.75, 3.05) is 25.5 Å². The van der Waals surface area contributed by atoms with Crippen molar-refractivity contribution in [3.8, 4) is 11.5 Å². The number of anilines is 1. The van der Waals surface area contributed by atoms with Crippen molar-refractivity contribution in [2.24, 2.45) is 0 Å². The first-order valence-corrected chi connectivity index (χ1v) is 10.5. The van der Waals surface area contributed by atoms with E-state index in [2.05, 4.69) is 5.32 Å². The molecule has 0 aliphatic carbocycles. The molecule has 2 heterocycles. The number of carbonyl (C=O) groups is 1. The second-order valence-electron chi connectivity index (χ2n) is 6.61. The lowest BCUT2D eigenvalue weighted by Crippen LogP contribution is -2.39. The molecular weight excluding hydrogens is 382 g/mol. The Balaban J connectivity index is 1.81. The first kappa shape index (κ1) is 20.1. The van der Waals surface area contributed by atoms with Gasteiger partial charge in [0.25, 0.3) is 5.91 Å². The second kappa shape index (κ2) is 8.57. The number of methoxy groups -OCH3 is 1. The minimum atomic E-state index is -3.71. The number of nitrogens with zero attached hydrogens (tertiary/aromatic N) is 2. The van der Waals surface area contributed by atoms with Crippen LogP contribution in [0.25, 0.3) is 0 Å². The number of rotatable bonds is 6. The predicted octanol–water partition coefficient (Wildman–Crippen LogP) is 1.50. The molecule has 150 valence electrons. The largest absolute Gasteiger partial charge is 0.503 e. The molecule has 1 aliphatic heterocycles. The maximum Gasteiger partial charge on any atom is 0.290 e. The van der Waals surface area contributed by atoms with Crippen LogP contribution in [0.3, 0.4) is 0 Å². The van der Waals surface area contributed by atoms with Crippen LogP contribution in [0.15, 0.2) is 47.6 Å². The van der Waals surface area contributed by atoms with Gasteiger partial charge < -0.3 is 15.2 Å². The van der Waals surface area contributed by atoms with Crippen LogP contribution in [0.1, 0.15) is 19.3 Å². The van der Waals surface area contributed by atoms with Gasteiger partial charge in [0, 0.05) is 24.8 Å². The van der Waals surface area contributed by atoms with Crippen LogP contribution in [0.5, 0.6) is 11.5 Å². The highest BCUT2D eigenvalue weighted by Gasteiger charge is 2.29. The van der Waals surface area contributed by atoms with E-state index >= 15 is 0 Å². The lowest BCUT2D eigenvalue weighted by Gasteiger charge is -2.26. The Morgan fingerprint density at radius 2 is 2.00 bits per heavy atom. The zero-order valence-corrected chi connectivity index (χ0v) is 16.5. The summed E-state index contributed by atoms with van der Waals surface area (Å²) in [6.45, 7) is 0.946. The van der Waals surface area contributed by atoms with Gasteiger partial charge in [-0.3, -0.25) is 4.79 Å². The number of hydrogen-bond acceptors (Lipinski definition) is 5. The van der Waals surface area contributed by atoms with Crippen molar-refractivity contribution < 1.29 is 27.6 Å². The maximum atomic E-state index is 13.0. The zero-order valence-electron chi connectivity index (χ0n) is 15.7. The third-order valence-corrected chi connectivity index (χ3v) is 6.47. The van der Waals surface area contributed by atoms with E-state index in [1.165, 1.54) is 40.4 Å².